The molecule has 6 heteroatoms. The fourth-order valence-electron chi connectivity index (χ4n) is 3.67. The van der Waals surface area contributed by atoms with Crippen molar-refractivity contribution >= 4 is 11.7 Å². The summed E-state index contributed by atoms with van der Waals surface area (Å²) in [5, 5.41) is 2.71. The van der Waals surface area contributed by atoms with E-state index in [-0.39, 0.29) is 5.91 Å². The van der Waals surface area contributed by atoms with Crippen molar-refractivity contribution in [2.24, 2.45) is 11.8 Å². The first-order valence-corrected chi connectivity index (χ1v) is 9.15. The second-order valence-corrected chi connectivity index (χ2v) is 6.98. The number of ether oxygens (including phenoxy) is 1. The Morgan fingerprint density at radius 3 is 2.67 bits per heavy atom. The van der Waals surface area contributed by atoms with E-state index >= 15 is 0 Å². The van der Waals surface area contributed by atoms with Crippen molar-refractivity contribution in [3.63, 3.8) is 0 Å². The van der Waals surface area contributed by atoms with E-state index in [1.807, 2.05) is 6.20 Å². The average molecular weight is 332 g/mol. The Morgan fingerprint density at radius 2 is 1.96 bits per heavy atom. The zero-order valence-corrected chi connectivity index (χ0v) is 14.5. The normalized spacial score (nSPS) is 19.5. The summed E-state index contributed by atoms with van der Waals surface area (Å²) in [4.78, 5) is 22.7. The molecular formula is C18H28N4O2. The lowest BCUT2D eigenvalue weighted by Gasteiger charge is -2.32. The first-order chi connectivity index (χ1) is 11.7. The van der Waals surface area contributed by atoms with E-state index in [4.69, 9.17) is 4.74 Å². The molecule has 1 aromatic heterocycles. The predicted octanol–water partition coefficient (Wildman–Crippen LogP) is 2.40. The van der Waals surface area contributed by atoms with Gasteiger partial charge in [0.15, 0.2) is 5.82 Å². The zero-order chi connectivity index (χ0) is 16.8. The fourth-order valence-corrected chi connectivity index (χ4v) is 3.67. The maximum absolute atomic E-state index is 11.5. The molecule has 0 spiro atoms. The first-order valence-electron chi connectivity index (χ1n) is 9.15. The number of nitrogens with zero attached hydrogens (tertiary/aromatic N) is 3. The number of rotatable bonds is 6. The van der Waals surface area contributed by atoms with Gasteiger partial charge in [-0.2, -0.15) is 4.98 Å². The Hall–Kier alpha value is -1.85. The van der Waals surface area contributed by atoms with Crippen LogP contribution in [0.5, 0.6) is 5.88 Å². The quantitative estimate of drug-likeness (QED) is 0.866. The highest BCUT2D eigenvalue weighted by atomic mass is 16.5. The molecule has 0 unspecified atom stereocenters. The van der Waals surface area contributed by atoms with Crippen LogP contribution in [0.25, 0.3) is 0 Å². The third kappa shape index (κ3) is 4.58. The Morgan fingerprint density at radius 1 is 1.21 bits per heavy atom. The minimum atomic E-state index is 0.135. The van der Waals surface area contributed by atoms with Crippen molar-refractivity contribution in [2.45, 2.75) is 44.9 Å². The topological polar surface area (TPSA) is 67.4 Å². The molecule has 0 atom stereocenters. The van der Waals surface area contributed by atoms with E-state index in [1.54, 1.807) is 13.2 Å². The molecule has 0 bridgehead atoms. The molecule has 132 valence electrons. The molecule has 1 aliphatic carbocycles. The maximum Gasteiger partial charge on any atom is 0.234 e. The third-order valence-corrected chi connectivity index (χ3v) is 5.23. The van der Waals surface area contributed by atoms with Crippen LogP contribution in [0.2, 0.25) is 0 Å². The summed E-state index contributed by atoms with van der Waals surface area (Å²) in [6.07, 6.45) is 11.4. The molecule has 1 amide bonds. The molecule has 0 radical (unpaired) electrons. The number of carbonyl (C=O) groups excluding carboxylic acids is 1. The van der Waals surface area contributed by atoms with E-state index in [0.717, 1.165) is 38.4 Å². The molecule has 3 rings (SSSR count). The van der Waals surface area contributed by atoms with Gasteiger partial charge in [0.05, 0.1) is 19.0 Å². The van der Waals surface area contributed by atoms with Crippen molar-refractivity contribution in [2.75, 3.05) is 31.6 Å². The highest BCUT2D eigenvalue weighted by molar-refractivity contribution is 5.75. The number of hydrogen-bond donors (Lipinski definition) is 1. The van der Waals surface area contributed by atoms with Crippen LogP contribution >= 0.6 is 0 Å². The highest BCUT2D eigenvalue weighted by Gasteiger charge is 2.22. The summed E-state index contributed by atoms with van der Waals surface area (Å²) < 4.78 is 5.86. The summed E-state index contributed by atoms with van der Waals surface area (Å²) >= 11 is 0. The van der Waals surface area contributed by atoms with E-state index < -0.39 is 0 Å². The number of aromatic nitrogens is 2. The van der Waals surface area contributed by atoms with Gasteiger partial charge >= 0.3 is 0 Å². The van der Waals surface area contributed by atoms with Crippen LogP contribution in [0.3, 0.4) is 0 Å². The van der Waals surface area contributed by atoms with Gasteiger partial charge in [-0.3, -0.25) is 9.78 Å². The van der Waals surface area contributed by atoms with Crippen molar-refractivity contribution in [3.8, 4) is 5.88 Å². The number of amides is 1. The van der Waals surface area contributed by atoms with Crippen LogP contribution in [0.4, 0.5) is 5.82 Å². The monoisotopic (exact) mass is 332 g/mol. The smallest absolute Gasteiger partial charge is 0.234 e. The summed E-state index contributed by atoms with van der Waals surface area (Å²) in [7, 11) is 1.70. The minimum absolute atomic E-state index is 0.135. The predicted molar refractivity (Wildman–Crippen MR) is 93.1 cm³/mol. The van der Waals surface area contributed by atoms with E-state index in [2.05, 4.69) is 20.2 Å². The van der Waals surface area contributed by atoms with Gasteiger partial charge in [0.25, 0.3) is 0 Å². The maximum atomic E-state index is 11.5. The van der Waals surface area contributed by atoms with Crippen LogP contribution < -0.4 is 15.0 Å². The average Bonchev–Trinajstić information content (AvgIpc) is 3.14. The highest BCUT2D eigenvalue weighted by Crippen LogP contribution is 2.27. The lowest BCUT2D eigenvalue weighted by molar-refractivity contribution is -0.121. The minimum Gasteiger partial charge on any atom is -0.476 e. The molecule has 1 N–H and O–H groups in total. The van der Waals surface area contributed by atoms with Gasteiger partial charge in [-0.1, -0.05) is 12.8 Å². The lowest BCUT2D eigenvalue weighted by atomic mass is 9.93. The van der Waals surface area contributed by atoms with Gasteiger partial charge in [0.2, 0.25) is 11.8 Å². The lowest BCUT2D eigenvalue weighted by Crippen LogP contribution is -2.36. The molecule has 24 heavy (non-hydrogen) atoms. The van der Waals surface area contributed by atoms with Crippen LogP contribution in [0.1, 0.15) is 44.9 Å². The zero-order valence-electron chi connectivity index (χ0n) is 14.5. The Labute approximate surface area is 144 Å². The Kier molecular flexibility index (Phi) is 5.88. The van der Waals surface area contributed by atoms with Crippen LogP contribution in [-0.2, 0) is 4.79 Å². The van der Waals surface area contributed by atoms with Gasteiger partial charge in [0.1, 0.15) is 0 Å². The first kappa shape index (κ1) is 17.0. The van der Waals surface area contributed by atoms with Crippen LogP contribution in [0.15, 0.2) is 12.4 Å². The number of carbonyl (C=O) groups is 1. The molecule has 6 nitrogen and oxygen atoms in total. The van der Waals surface area contributed by atoms with Crippen molar-refractivity contribution in [1.82, 2.24) is 15.3 Å². The number of hydrogen-bond acceptors (Lipinski definition) is 5. The van der Waals surface area contributed by atoms with E-state index in [1.165, 1.54) is 25.7 Å². The molecule has 1 saturated heterocycles. The van der Waals surface area contributed by atoms with Gasteiger partial charge in [0, 0.05) is 26.6 Å². The largest absolute Gasteiger partial charge is 0.476 e. The van der Waals surface area contributed by atoms with Crippen molar-refractivity contribution in [1.29, 1.82) is 0 Å². The van der Waals surface area contributed by atoms with Gasteiger partial charge in [-0.25, -0.2) is 0 Å². The van der Waals surface area contributed by atoms with E-state index in [0.29, 0.717) is 24.1 Å². The third-order valence-electron chi connectivity index (χ3n) is 5.23. The second-order valence-electron chi connectivity index (χ2n) is 6.98. The van der Waals surface area contributed by atoms with Crippen molar-refractivity contribution in [3.05, 3.63) is 12.4 Å². The molecule has 2 fully saturated rings. The molecular weight excluding hydrogens is 304 g/mol. The summed E-state index contributed by atoms with van der Waals surface area (Å²) in [5.74, 6) is 2.80. The number of anilines is 1. The molecule has 2 heterocycles. The molecule has 1 aromatic rings. The second kappa shape index (κ2) is 8.31. The van der Waals surface area contributed by atoms with Crippen LogP contribution in [0, 0.1) is 11.8 Å². The molecule has 1 saturated carbocycles. The fraction of sp³-hybridized carbons (Fsp3) is 0.722. The van der Waals surface area contributed by atoms with Gasteiger partial charge < -0.3 is 15.0 Å². The molecule has 2 aliphatic rings. The summed E-state index contributed by atoms with van der Waals surface area (Å²) in [5.41, 5.74) is 0. The number of nitrogens with one attached hydrogen (secondary N) is 1. The van der Waals surface area contributed by atoms with Gasteiger partial charge in [-0.15, -0.1) is 0 Å². The standard InChI is InChI=1S/C18H28N4O2/c1-19-17(23)10-14-6-8-22(9-7-14)16-11-20-12-18(21-16)24-13-15-4-2-3-5-15/h11-12,14-15H,2-10,13H2,1H3,(H,19,23). The van der Waals surface area contributed by atoms with Crippen molar-refractivity contribution < 1.29 is 9.53 Å². The summed E-state index contributed by atoms with van der Waals surface area (Å²) in [6.45, 7) is 2.59. The van der Waals surface area contributed by atoms with Crippen LogP contribution in [-0.4, -0.2) is 42.6 Å². The summed E-state index contributed by atoms with van der Waals surface area (Å²) in [6, 6.07) is 0. The Bertz CT molecular complexity index is 538. The Balaban J connectivity index is 1.50. The number of piperidine rings is 1. The SMILES string of the molecule is CNC(=O)CC1CCN(c2cncc(OCC3CCCC3)n2)CC1. The molecule has 0 aromatic carbocycles. The van der Waals surface area contributed by atoms with Gasteiger partial charge in [-0.05, 0) is 37.5 Å². The molecule has 1 aliphatic heterocycles. The van der Waals surface area contributed by atoms with E-state index in [9.17, 15) is 4.79 Å².